The van der Waals surface area contributed by atoms with Crippen molar-refractivity contribution < 1.29 is 9.53 Å². The average Bonchev–Trinajstić information content (AvgIpc) is 3.39. The van der Waals surface area contributed by atoms with E-state index in [-0.39, 0.29) is 17.8 Å². The molecular formula is C21H23N5O2S. The maximum Gasteiger partial charge on any atom is 0.234 e. The molecule has 1 atom stereocenters. The summed E-state index contributed by atoms with van der Waals surface area (Å²) in [5.74, 6) is 0.958. The van der Waals surface area contributed by atoms with Crippen LogP contribution in [-0.4, -0.2) is 44.1 Å². The highest BCUT2D eigenvalue weighted by atomic mass is 32.2. The first-order chi connectivity index (χ1) is 14.2. The molecule has 0 aliphatic carbocycles. The van der Waals surface area contributed by atoms with Crippen LogP contribution in [0.5, 0.6) is 0 Å². The van der Waals surface area contributed by atoms with E-state index in [0.29, 0.717) is 11.7 Å². The highest BCUT2D eigenvalue weighted by Gasteiger charge is 2.22. The highest BCUT2D eigenvalue weighted by molar-refractivity contribution is 7.99. The van der Waals surface area contributed by atoms with E-state index in [2.05, 4.69) is 25.1 Å². The van der Waals surface area contributed by atoms with Gasteiger partial charge in [0.05, 0.1) is 18.4 Å². The molecular weight excluding hydrogens is 386 g/mol. The third kappa shape index (κ3) is 4.83. The largest absolute Gasteiger partial charge is 0.376 e. The number of rotatable bonds is 7. The molecule has 2 aromatic heterocycles. The van der Waals surface area contributed by atoms with Gasteiger partial charge in [0.2, 0.25) is 5.91 Å². The molecule has 1 amide bonds. The van der Waals surface area contributed by atoms with Crippen molar-refractivity contribution in [3.8, 4) is 11.4 Å². The minimum Gasteiger partial charge on any atom is -0.376 e. The summed E-state index contributed by atoms with van der Waals surface area (Å²) in [6.45, 7) is 3.44. The second-order valence-electron chi connectivity index (χ2n) is 6.94. The van der Waals surface area contributed by atoms with E-state index in [1.807, 2.05) is 43.3 Å². The van der Waals surface area contributed by atoms with Gasteiger partial charge >= 0.3 is 0 Å². The second kappa shape index (κ2) is 9.19. The van der Waals surface area contributed by atoms with Crippen LogP contribution in [0.3, 0.4) is 0 Å². The fourth-order valence-corrected chi connectivity index (χ4v) is 4.04. The van der Waals surface area contributed by atoms with Crippen molar-refractivity contribution in [3.05, 3.63) is 54.4 Å². The maximum atomic E-state index is 12.4. The van der Waals surface area contributed by atoms with Crippen LogP contribution in [0, 0.1) is 6.92 Å². The normalized spacial score (nSPS) is 16.1. The lowest BCUT2D eigenvalue weighted by Gasteiger charge is -2.14. The van der Waals surface area contributed by atoms with Crippen LogP contribution in [-0.2, 0) is 16.1 Å². The molecule has 1 fully saturated rings. The molecule has 0 bridgehead atoms. The molecule has 8 heteroatoms. The summed E-state index contributed by atoms with van der Waals surface area (Å²) in [6, 6.07) is 11.6. The molecule has 1 saturated heterocycles. The highest BCUT2D eigenvalue weighted by Crippen LogP contribution is 2.26. The molecule has 0 saturated carbocycles. The van der Waals surface area contributed by atoms with Gasteiger partial charge in [-0.25, -0.2) is 0 Å². The number of carbonyl (C=O) groups is 1. The SMILES string of the molecule is Cc1ccccc1NC(=O)CSc1nnc(-c2ccncc2)n1CC1CCCO1. The van der Waals surface area contributed by atoms with Gasteiger partial charge in [-0.05, 0) is 43.5 Å². The third-order valence-electron chi connectivity index (χ3n) is 4.82. The Balaban J connectivity index is 1.49. The number of carbonyl (C=O) groups excluding carboxylic acids is 1. The van der Waals surface area contributed by atoms with Gasteiger partial charge in [0.15, 0.2) is 11.0 Å². The number of ether oxygens (including phenoxy) is 1. The minimum atomic E-state index is -0.0681. The number of thioether (sulfide) groups is 1. The van der Waals surface area contributed by atoms with Gasteiger partial charge in [0, 0.05) is 30.3 Å². The first-order valence-electron chi connectivity index (χ1n) is 9.64. The fraction of sp³-hybridized carbons (Fsp3) is 0.333. The summed E-state index contributed by atoms with van der Waals surface area (Å²) < 4.78 is 7.87. The quantitative estimate of drug-likeness (QED) is 0.601. The van der Waals surface area contributed by atoms with Crippen molar-refractivity contribution in [2.45, 2.75) is 37.6 Å². The lowest BCUT2D eigenvalue weighted by atomic mass is 10.2. The number of hydrogen-bond acceptors (Lipinski definition) is 6. The average molecular weight is 410 g/mol. The molecule has 1 N–H and O–H groups in total. The van der Waals surface area contributed by atoms with Crippen LogP contribution in [0.2, 0.25) is 0 Å². The van der Waals surface area contributed by atoms with Crippen LogP contribution < -0.4 is 5.32 Å². The number of nitrogens with one attached hydrogen (secondary N) is 1. The molecule has 3 aromatic rings. The fourth-order valence-electron chi connectivity index (χ4n) is 3.30. The van der Waals surface area contributed by atoms with E-state index >= 15 is 0 Å². The predicted molar refractivity (Wildman–Crippen MR) is 113 cm³/mol. The Hall–Kier alpha value is -2.71. The van der Waals surface area contributed by atoms with E-state index < -0.39 is 0 Å². The van der Waals surface area contributed by atoms with Crippen molar-refractivity contribution in [1.82, 2.24) is 19.7 Å². The summed E-state index contributed by atoms with van der Waals surface area (Å²) >= 11 is 1.39. The van der Waals surface area contributed by atoms with Crippen LogP contribution >= 0.6 is 11.8 Å². The lowest BCUT2D eigenvalue weighted by molar-refractivity contribution is -0.113. The first kappa shape index (κ1) is 19.6. The number of amides is 1. The van der Waals surface area contributed by atoms with E-state index in [1.54, 1.807) is 12.4 Å². The Kier molecular flexibility index (Phi) is 6.21. The Morgan fingerprint density at radius 2 is 2.07 bits per heavy atom. The number of aromatic nitrogens is 4. The van der Waals surface area contributed by atoms with Gasteiger partial charge < -0.3 is 10.1 Å². The topological polar surface area (TPSA) is 81.9 Å². The van der Waals surface area contributed by atoms with E-state index in [0.717, 1.165) is 42.1 Å². The van der Waals surface area contributed by atoms with Gasteiger partial charge in [-0.3, -0.25) is 14.3 Å². The smallest absolute Gasteiger partial charge is 0.234 e. The molecule has 4 rings (SSSR count). The standard InChI is InChI=1S/C21H23N5O2S/c1-15-5-2-3-7-18(15)23-19(27)14-29-21-25-24-20(16-8-10-22-11-9-16)26(21)13-17-6-4-12-28-17/h2-3,5,7-11,17H,4,6,12-14H2,1H3,(H,23,27). The molecule has 1 unspecified atom stereocenters. The Morgan fingerprint density at radius 1 is 1.24 bits per heavy atom. The monoisotopic (exact) mass is 409 g/mol. The van der Waals surface area contributed by atoms with Crippen molar-refractivity contribution >= 4 is 23.4 Å². The van der Waals surface area contributed by atoms with Crippen LogP contribution in [0.1, 0.15) is 18.4 Å². The summed E-state index contributed by atoms with van der Waals surface area (Å²) in [4.78, 5) is 16.5. The van der Waals surface area contributed by atoms with Gasteiger partial charge in [-0.15, -0.1) is 10.2 Å². The molecule has 29 heavy (non-hydrogen) atoms. The van der Waals surface area contributed by atoms with Crippen molar-refractivity contribution in [3.63, 3.8) is 0 Å². The third-order valence-corrected chi connectivity index (χ3v) is 5.78. The maximum absolute atomic E-state index is 12.4. The molecule has 7 nitrogen and oxygen atoms in total. The molecule has 1 aliphatic heterocycles. The number of para-hydroxylation sites is 1. The minimum absolute atomic E-state index is 0.0681. The van der Waals surface area contributed by atoms with Crippen LogP contribution in [0.15, 0.2) is 53.9 Å². The van der Waals surface area contributed by atoms with Crippen LogP contribution in [0.4, 0.5) is 5.69 Å². The number of pyridine rings is 1. The van der Waals surface area contributed by atoms with Gasteiger partial charge in [0.25, 0.3) is 0 Å². The molecule has 0 radical (unpaired) electrons. The molecule has 3 heterocycles. The van der Waals surface area contributed by atoms with Gasteiger partial charge in [-0.2, -0.15) is 0 Å². The van der Waals surface area contributed by atoms with Gasteiger partial charge in [0.1, 0.15) is 0 Å². The predicted octanol–water partition coefficient (Wildman–Crippen LogP) is 3.56. The number of aryl methyl sites for hydroxylation is 1. The number of anilines is 1. The Morgan fingerprint density at radius 3 is 2.83 bits per heavy atom. The van der Waals surface area contributed by atoms with E-state index in [4.69, 9.17) is 4.74 Å². The van der Waals surface area contributed by atoms with E-state index in [1.165, 1.54) is 11.8 Å². The second-order valence-corrected chi connectivity index (χ2v) is 7.88. The summed E-state index contributed by atoms with van der Waals surface area (Å²) in [5, 5.41) is 12.4. The van der Waals surface area contributed by atoms with Crippen molar-refractivity contribution in [2.24, 2.45) is 0 Å². The number of benzene rings is 1. The van der Waals surface area contributed by atoms with Crippen molar-refractivity contribution in [1.29, 1.82) is 0 Å². The Bertz CT molecular complexity index is 970. The van der Waals surface area contributed by atoms with Gasteiger partial charge in [-0.1, -0.05) is 30.0 Å². The lowest BCUT2D eigenvalue weighted by Crippen LogP contribution is -2.18. The number of nitrogens with zero attached hydrogens (tertiary/aromatic N) is 4. The molecule has 1 aromatic carbocycles. The number of hydrogen-bond donors (Lipinski definition) is 1. The zero-order chi connectivity index (χ0) is 20.1. The molecule has 1 aliphatic rings. The summed E-state index contributed by atoms with van der Waals surface area (Å²) in [7, 11) is 0. The summed E-state index contributed by atoms with van der Waals surface area (Å²) in [5.41, 5.74) is 2.81. The molecule has 150 valence electrons. The molecule has 0 spiro atoms. The first-order valence-corrected chi connectivity index (χ1v) is 10.6. The zero-order valence-corrected chi connectivity index (χ0v) is 17.1. The zero-order valence-electron chi connectivity index (χ0n) is 16.2. The van der Waals surface area contributed by atoms with Crippen LogP contribution in [0.25, 0.3) is 11.4 Å². The Labute approximate surface area is 173 Å². The summed E-state index contributed by atoms with van der Waals surface area (Å²) in [6.07, 6.45) is 5.71. The van der Waals surface area contributed by atoms with Crippen molar-refractivity contribution in [2.75, 3.05) is 17.7 Å². The van der Waals surface area contributed by atoms with E-state index in [9.17, 15) is 4.79 Å².